The third kappa shape index (κ3) is 3.33. The van der Waals surface area contributed by atoms with Crippen molar-refractivity contribution in [3.8, 4) is 0 Å². The molecule has 17 heavy (non-hydrogen) atoms. The number of hydrogen-bond acceptors (Lipinski definition) is 2. The summed E-state index contributed by atoms with van der Waals surface area (Å²) in [5, 5.41) is 5.95. The molecule has 0 saturated heterocycles. The molecule has 1 N–H and O–H groups in total. The lowest BCUT2D eigenvalue weighted by atomic mass is 9.95. The van der Waals surface area contributed by atoms with Crippen LogP contribution in [0, 0.1) is 11.8 Å². The van der Waals surface area contributed by atoms with Crippen LogP contribution >= 0.6 is 27.3 Å². The highest BCUT2D eigenvalue weighted by molar-refractivity contribution is 9.10. The van der Waals surface area contributed by atoms with Gasteiger partial charge >= 0.3 is 0 Å². The van der Waals surface area contributed by atoms with Crippen LogP contribution in [0.2, 0.25) is 0 Å². The molecular formula is C14H22BrNS. The maximum Gasteiger partial charge on any atom is 0.0454 e. The van der Waals surface area contributed by atoms with E-state index in [9.17, 15) is 0 Å². The fourth-order valence-corrected chi connectivity index (χ4v) is 4.64. The first kappa shape index (κ1) is 13.6. The highest BCUT2D eigenvalue weighted by atomic mass is 79.9. The van der Waals surface area contributed by atoms with Gasteiger partial charge in [0.25, 0.3) is 0 Å². The molecule has 0 amide bonds. The van der Waals surface area contributed by atoms with Gasteiger partial charge in [0.1, 0.15) is 0 Å². The number of nitrogens with one attached hydrogen (secondary N) is 1. The lowest BCUT2D eigenvalue weighted by molar-refractivity contribution is 0.363. The molecule has 3 atom stereocenters. The van der Waals surface area contributed by atoms with Crippen molar-refractivity contribution < 1.29 is 0 Å². The minimum atomic E-state index is 0.564. The average Bonchev–Trinajstić information content (AvgIpc) is 2.90. The van der Waals surface area contributed by atoms with Gasteiger partial charge < -0.3 is 5.32 Å². The summed E-state index contributed by atoms with van der Waals surface area (Å²) >= 11 is 5.58. The van der Waals surface area contributed by atoms with Crippen LogP contribution in [0.25, 0.3) is 0 Å². The van der Waals surface area contributed by atoms with Gasteiger partial charge in [0, 0.05) is 15.4 Å². The zero-order chi connectivity index (χ0) is 12.3. The fourth-order valence-electron chi connectivity index (χ4n) is 2.85. The van der Waals surface area contributed by atoms with E-state index < -0.39 is 0 Å². The number of hydrogen-bond donors (Lipinski definition) is 1. The average molecular weight is 316 g/mol. The molecule has 1 aromatic rings. The van der Waals surface area contributed by atoms with Crippen LogP contribution in [0.4, 0.5) is 0 Å². The van der Waals surface area contributed by atoms with Gasteiger partial charge in [-0.3, -0.25) is 0 Å². The Morgan fingerprint density at radius 1 is 1.53 bits per heavy atom. The Kier molecular flexibility index (Phi) is 5.07. The molecule has 1 aliphatic rings. The molecule has 1 fully saturated rings. The summed E-state index contributed by atoms with van der Waals surface area (Å²) in [6.45, 7) is 5.75. The molecule has 1 aromatic heterocycles. The Labute approximate surface area is 117 Å². The maximum absolute atomic E-state index is 3.76. The largest absolute Gasteiger partial charge is 0.309 e. The van der Waals surface area contributed by atoms with Crippen LogP contribution < -0.4 is 5.32 Å². The summed E-state index contributed by atoms with van der Waals surface area (Å²) in [7, 11) is 0. The van der Waals surface area contributed by atoms with Crippen LogP contribution in [0.5, 0.6) is 0 Å². The molecule has 96 valence electrons. The standard InChI is InChI=1S/C14H22BrNS/c1-3-7-16-13(11-5-4-10(2)9-11)14-12(15)6-8-17-14/h6,8,10-11,13,16H,3-5,7,9H2,1-2H3. The van der Waals surface area contributed by atoms with E-state index in [1.165, 1.54) is 35.0 Å². The first-order chi connectivity index (χ1) is 8.22. The molecule has 3 unspecified atom stereocenters. The van der Waals surface area contributed by atoms with Crippen molar-refractivity contribution in [2.75, 3.05) is 6.54 Å². The number of thiophene rings is 1. The van der Waals surface area contributed by atoms with Crippen molar-refractivity contribution in [3.05, 3.63) is 20.8 Å². The quantitative estimate of drug-likeness (QED) is 0.807. The highest BCUT2D eigenvalue weighted by Gasteiger charge is 2.30. The monoisotopic (exact) mass is 315 g/mol. The summed E-state index contributed by atoms with van der Waals surface area (Å²) in [5.41, 5.74) is 0. The second-order valence-corrected chi connectivity index (χ2v) is 7.04. The van der Waals surface area contributed by atoms with E-state index in [1.807, 2.05) is 11.3 Å². The van der Waals surface area contributed by atoms with E-state index in [1.54, 1.807) is 0 Å². The lowest BCUT2D eigenvalue weighted by Gasteiger charge is -2.24. The second-order valence-electron chi connectivity index (χ2n) is 5.24. The molecule has 0 spiro atoms. The molecule has 0 aliphatic heterocycles. The van der Waals surface area contributed by atoms with Crippen molar-refractivity contribution in [1.29, 1.82) is 0 Å². The van der Waals surface area contributed by atoms with Crippen molar-refractivity contribution in [1.82, 2.24) is 5.32 Å². The minimum absolute atomic E-state index is 0.564. The highest BCUT2D eigenvalue weighted by Crippen LogP contribution is 2.42. The molecule has 3 heteroatoms. The summed E-state index contributed by atoms with van der Waals surface area (Å²) in [6.07, 6.45) is 5.37. The van der Waals surface area contributed by atoms with Crippen LogP contribution in [-0.2, 0) is 0 Å². The summed E-state index contributed by atoms with van der Waals surface area (Å²) in [4.78, 5) is 1.50. The Balaban J connectivity index is 2.10. The van der Waals surface area contributed by atoms with Gasteiger partial charge in [0.15, 0.2) is 0 Å². The van der Waals surface area contributed by atoms with Crippen LogP contribution in [0.15, 0.2) is 15.9 Å². The lowest BCUT2D eigenvalue weighted by Crippen LogP contribution is -2.27. The normalized spacial score (nSPS) is 26.3. The van der Waals surface area contributed by atoms with Crippen molar-refractivity contribution >= 4 is 27.3 Å². The number of rotatable bonds is 5. The topological polar surface area (TPSA) is 12.0 Å². The van der Waals surface area contributed by atoms with Crippen LogP contribution in [0.3, 0.4) is 0 Å². The van der Waals surface area contributed by atoms with Gasteiger partial charge in [0.2, 0.25) is 0 Å². The van der Waals surface area contributed by atoms with Crippen LogP contribution in [-0.4, -0.2) is 6.54 Å². The third-order valence-corrected chi connectivity index (χ3v) is 5.70. The number of halogens is 1. The Morgan fingerprint density at radius 2 is 2.35 bits per heavy atom. The molecule has 0 bridgehead atoms. The molecule has 0 radical (unpaired) electrons. The van der Waals surface area contributed by atoms with E-state index >= 15 is 0 Å². The third-order valence-electron chi connectivity index (χ3n) is 3.75. The SMILES string of the molecule is CCCNC(c1sccc1Br)C1CCC(C)C1. The van der Waals surface area contributed by atoms with E-state index in [0.29, 0.717) is 6.04 Å². The van der Waals surface area contributed by atoms with E-state index in [0.717, 1.165) is 18.4 Å². The molecule has 1 heterocycles. The summed E-state index contributed by atoms with van der Waals surface area (Å²) in [5.74, 6) is 1.73. The van der Waals surface area contributed by atoms with Gasteiger partial charge in [-0.1, -0.05) is 20.3 Å². The van der Waals surface area contributed by atoms with Crippen molar-refractivity contribution in [3.63, 3.8) is 0 Å². The zero-order valence-electron chi connectivity index (χ0n) is 10.7. The van der Waals surface area contributed by atoms with Crippen LogP contribution in [0.1, 0.15) is 50.4 Å². The molecule has 0 aromatic carbocycles. The molecular weight excluding hydrogens is 294 g/mol. The van der Waals surface area contributed by atoms with E-state index in [-0.39, 0.29) is 0 Å². The van der Waals surface area contributed by atoms with E-state index in [2.05, 4.69) is 46.5 Å². The predicted molar refractivity (Wildman–Crippen MR) is 79.6 cm³/mol. The minimum Gasteiger partial charge on any atom is -0.309 e. The van der Waals surface area contributed by atoms with E-state index in [4.69, 9.17) is 0 Å². The first-order valence-corrected chi connectivity index (χ1v) is 8.36. The van der Waals surface area contributed by atoms with Gasteiger partial charge in [-0.15, -0.1) is 11.3 Å². The van der Waals surface area contributed by atoms with Crippen molar-refractivity contribution in [2.45, 2.75) is 45.6 Å². The Bertz CT molecular complexity index is 350. The zero-order valence-corrected chi connectivity index (χ0v) is 13.1. The summed E-state index contributed by atoms with van der Waals surface area (Å²) < 4.78 is 1.29. The Morgan fingerprint density at radius 3 is 2.88 bits per heavy atom. The predicted octanol–water partition coefficient (Wildman–Crippen LogP) is 4.99. The van der Waals surface area contributed by atoms with Crippen molar-refractivity contribution in [2.24, 2.45) is 11.8 Å². The van der Waals surface area contributed by atoms with Gasteiger partial charge in [-0.2, -0.15) is 0 Å². The summed E-state index contributed by atoms with van der Waals surface area (Å²) in [6, 6.07) is 2.74. The maximum atomic E-state index is 3.76. The molecule has 1 aliphatic carbocycles. The van der Waals surface area contributed by atoms with Gasteiger partial charge in [0.05, 0.1) is 0 Å². The van der Waals surface area contributed by atoms with Gasteiger partial charge in [-0.05, 0) is 65.0 Å². The smallest absolute Gasteiger partial charge is 0.0454 e. The second kappa shape index (κ2) is 6.35. The fraction of sp³-hybridized carbons (Fsp3) is 0.714. The van der Waals surface area contributed by atoms with Gasteiger partial charge in [-0.25, -0.2) is 0 Å². The molecule has 1 nitrogen and oxygen atoms in total. The molecule has 2 rings (SSSR count). The Hall–Kier alpha value is 0.140. The molecule has 1 saturated carbocycles. The first-order valence-electron chi connectivity index (χ1n) is 6.68.